The number of rotatable bonds is 3. The van der Waals surface area contributed by atoms with Crippen molar-refractivity contribution in [1.82, 2.24) is 0 Å². The van der Waals surface area contributed by atoms with Gasteiger partial charge in [0, 0.05) is 0 Å². The molecule has 0 atom stereocenters. The molecule has 1 aliphatic rings. The van der Waals surface area contributed by atoms with Crippen molar-refractivity contribution in [3.05, 3.63) is 35.6 Å². The Labute approximate surface area is 84.1 Å². The first-order chi connectivity index (χ1) is 6.77. The van der Waals surface area contributed by atoms with Crippen LogP contribution in [0.15, 0.2) is 24.3 Å². The normalized spacial score (nSPS) is 19.0. The Morgan fingerprint density at radius 3 is 2.29 bits per heavy atom. The minimum absolute atomic E-state index is 0.157. The van der Waals surface area contributed by atoms with Crippen molar-refractivity contribution in [1.29, 1.82) is 0 Å². The summed E-state index contributed by atoms with van der Waals surface area (Å²) >= 11 is 0. The van der Waals surface area contributed by atoms with Crippen molar-refractivity contribution >= 4 is 0 Å². The highest BCUT2D eigenvalue weighted by atomic mass is 19.1. The largest absolute Gasteiger partial charge is 0.330 e. The Morgan fingerprint density at radius 1 is 1.21 bits per heavy atom. The van der Waals surface area contributed by atoms with Gasteiger partial charge in [-0.3, -0.25) is 0 Å². The first-order valence-corrected chi connectivity index (χ1v) is 5.23. The van der Waals surface area contributed by atoms with E-state index >= 15 is 0 Å². The predicted molar refractivity (Wildman–Crippen MR) is 55.6 cm³/mol. The van der Waals surface area contributed by atoms with Gasteiger partial charge in [-0.05, 0) is 48.9 Å². The monoisotopic (exact) mass is 193 g/mol. The Hall–Kier alpha value is -0.890. The molecule has 1 nitrogen and oxygen atoms in total. The van der Waals surface area contributed by atoms with Crippen LogP contribution in [-0.4, -0.2) is 6.54 Å². The SMILES string of the molecule is NCCC1(c2ccc(F)cc2)CCC1. The molecular formula is C12H16FN. The van der Waals surface area contributed by atoms with Gasteiger partial charge in [-0.1, -0.05) is 18.6 Å². The molecule has 14 heavy (non-hydrogen) atoms. The van der Waals surface area contributed by atoms with Gasteiger partial charge in [0.15, 0.2) is 0 Å². The number of nitrogens with two attached hydrogens (primary N) is 1. The molecule has 2 heteroatoms. The molecule has 0 saturated heterocycles. The van der Waals surface area contributed by atoms with Crippen molar-refractivity contribution < 1.29 is 4.39 Å². The summed E-state index contributed by atoms with van der Waals surface area (Å²) in [5.41, 5.74) is 7.14. The summed E-state index contributed by atoms with van der Waals surface area (Å²) in [7, 11) is 0. The van der Waals surface area contributed by atoms with E-state index in [0.717, 1.165) is 13.0 Å². The van der Waals surface area contributed by atoms with Gasteiger partial charge in [-0.15, -0.1) is 0 Å². The number of hydrogen-bond acceptors (Lipinski definition) is 1. The van der Waals surface area contributed by atoms with E-state index in [1.807, 2.05) is 12.1 Å². The lowest BCUT2D eigenvalue weighted by Crippen LogP contribution is -2.36. The van der Waals surface area contributed by atoms with E-state index in [2.05, 4.69) is 0 Å². The zero-order chi connectivity index (χ0) is 10.0. The second-order valence-corrected chi connectivity index (χ2v) is 4.18. The second-order valence-electron chi connectivity index (χ2n) is 4.18. The summed E-state index contributed by atoms with van der Waals surface area (Å²) < 4.78 is 12.8. The van der Waals surface area contributed by atoms with Crippen LogP contribution < -0.4 is 5.73 Å². The summed E-state index contributed by atoms with van der Waals surface area (Å²) in [6, 6.07) is 6.91. The lowest BCUT2D eigenvalue weighted by molar-refractivity contribution is 0.229. The summed E-state index contributed by atoms with van der Waals surface area (Å²) in [4.78, 5) is 0. The van der Waals surface area contributed by atoms with Gasteiger partial charge < -0.3 is 5.73 Å². The first-order valence-electron chi connectivity index (χ1n) is 5.23. The fraction of sp³-hybridized carbons (Fsp3) is 0.500. The Morgan fingerprint density at radius 2 is 1.86 bits per heavy atom. The minimum Gasteiger partial charge on any atom is -0.330 e. The van der Waals surface area contributed by atoms with E-state index in [1.54, 1.807) is 12.1 Å². The first kappa shape index (κ1) is 9.66. The molecule has 1 saturated carbocycles. The molecule has 1 aliphatic carbocycles. The molecule has 2 rings (SSSR count). The smallest absolute Gasteiger partial charge is 0.123 e. The molecule has 0 spiro atoms. The van der Waals surface area contributed by atoms with Crippen molar-refractivity contribution in [2.45, 2.75) is 31.1 Å². The molecule has 2 N–H and O–H groups in total. The van der Waals surface area contributed by atoms with E-state index in [1.165, 1.54) is 24.8 Å². The zero-order valence-corrected chi connectivity index (χ0v) is 8.30. The number of hydrogen-bond donors (Lipinski definition) is 1. The summed E-state index contributed by atoms with van der Waals surface area (Å²) in [5, 5.41) is 0. The highest BCUT2D eigenvalue weighted by molar-refractivity contribution is 5.28. The Kier molecular flexibility index (Phi) is 2.55. The molecule has 0 aromatic heterocycles. The van der Waals surface area contributed by atoms with Crippen molar-refractivity contribution in [3.63, 3.8) is 0 Å². The van der Waals surface area contributed by atoms with Gasteiger partial charge in [0.25, 0.3) is 0 Å². The molecule has 0 heterocycles. The Bertz CT molecular complexity index is 301. The van der Waals surface area contributed by atoms with E-state index in [0.29, 0.717) is 0 Å². The van der Waals surface area contributed by atoms with Crippen LogP contribution in [0.4, 0.5) is 4.39 Å². The van der Waals surface area contributed by atoms with Crippen molar-refractivity contribution in [3.8, 4) is 0 Å². The third-order valence-corrected chi connectivity index (χ3v) is 3.39. The topological polar surface area (TPSA) is 26.0 Å². The number of benzene rings is 1. The van der Waals surface area contributed by atoms with Crippen LogP contribution in [0.3, 0.4) is 0 Å². The standard InChI is InChI=1S/C12H16FN/c13-11-4-2-10(3-5-11)12(8-9-14)6-1-7-12/h2-5H,1,6-9,14H2. The van der Waals surface area contributed by atoms with E-state index < -0.39 is 0 Å². The maximum atomic E-state index is 12.8. The summed E-state index contributed by atoms with van der Waals surface area (Å²) in [6.45, 7) is 0.720. The van der Waals surface area contributed by atoms with E-state index in [4.69, 9.17) is 5.73 Å². The zero-order valence-electron chi connectivity index (χ0n) is 8.30. The maximum absolute atomic E-state index is 12.8. The van der Waals surface area contributed by atoms with E-state index in [9.17, 15) is 4.39 Å². The van der Waals surface area contributed by atoms with Crippen LogP contribution in [0.25, 0.3) is 0 Å². The highest BCUT2D eigenvalue weighted by Gasteiger charge is 2.37. The number of halogens is 1. The van der Waals surface area contributed by atoms with Crippen LogP contribution in [0, 0.1) is 5.82 Å². The quantitative estimate of drug-likeness (QED) is 0.784. The van der Waals surface area contributed by atoms with Gasteiger partial charge in [0.05, 0.1) is 0 Å². The second kappa shape index (κ2) is 3.70. The third kappa shape index (κ3) is 1.55. The molecule has 0 radical (unpaired) electrons. The summed E-state index contributed by atoms with van der Waals surface area (Å²) in [5.74, 6) is -0.157. The van der Waals surface area contributed by atoms with E-state index in [-0.39, 0.29) is 11.2 Å². The average molecular weight is 193 g/mol. The van der Waals surface area contributed by atoms with Gasteiger partial charge in [0.1, 0.15) is 5.82 Å². The van der Waals surface area contributed by atoms with Gasteiger partial charge in [-0.2, -0.15) is 0 Å². The molecule has 0 unspecified atom stereocenters. The van der Waals surface area contributed by atoms with Gasteiger partial charge >= 0.3 is 0 Å². The maximum Gasteiger partial charge on any atom is 0.123 e. The molecule has 76 valence electrons. The van der Waals surface area contributed by atoms with Crippen LogP contribution in [0.1, 0.15) is 31.2 Å². The molecular weight excluding hydrogens is 177 g/mol. The van der Waals surface area contributed by atoms with Crippen molar-refractivity contribution in [2.75, 3.05) is 6.54 Å². The molecule has 1 aromatic rings. The lowest BCUT2D eigenvalue weighted by Gasteiger charge is -2.42. The van der Waals surface area contributed by atoms with Crippen LogP contribution in [0.5, 0.6) is 0 Å². The Balaban J connectivity index is 2.23. The molecule has 0 amide bonds. The molecule has 0 aliphatic heterocycles. The van der Waals surface area contributed by atoms with Crippen molar-refractivity contribution in [2.24, 2.45) is 5.73 Å². The van der Waals surface area contributed by atoms with Crippen LogP contribution in [-0.2, 0) is 5.41 Å². The average Bonchev–Trinajstić information content (AvgIpc) is 2.13. The molecule has 1 aromatic carbocycles. The predicted octanol–water partition coefficient (Wildman–Crippen LogP) is 2.60. The fourth-order valence-corrected chi connectivity index (χ4v) is 2.37. The third-order valence-electron chi connectivity index (χ3n) is 3.39. The molecule has 1 fully saturated rings. The lowest BCUT2D eigenvalue weighted by atomic mass is 9.62. The van der Waals surface area contributed by atoms with Crippen LogP contribution in [0.2, 0.25) is 0 Å². The summed E-state index contributed by atoms with van der Waals surface area (Å²) in [6.07, 6.45) is 4.71. The minimum atomic E-state index is -0.157. The fourth-order valence-electron chi connectivity index (χ4n) is 2.37. The van der Waals surface area contributed by atoms with Gasteiger partial charge in [-0.25, -0.2) is 4.39 Å². The highest BCUT2D eigenvalue weighted by Crippen LogP contribution is 2.46. The van der Waals surface area contributed by atoms with Gasteiger partial charge in [0.2, 0.25) is 0 Å². The van der Waals surface area contributed by atoms with Crippen LogP contribution >= 0.6 is 0 Å². The molecule has 0 bridgehead atoms.